The standard InChI is InChI=1S/C8H22N2Si/c1-5-9(6-2)11-10(7-3)8-4/h5-8,11H2,1-4H3. The van der Waals surface area contributed by atoms with E-state index in [9.17, 15) is 0 Å². The molecule has 0 saturated heterocycles. The molecule has 0 aromatic rings. The molecule has 0 unspecified atom stereocenters. The van der Waals surface area contributed by atoms with Gasteiger partial charge >= 0.3 is 0 Å². The van der Waals surface area contributed by atoms with Gasteiger partial charge in [-0.05, 0) is 26.2 Å². The first-order valence-corrected chi connectivity index (χ1v) is 5.99. The van der Waals surface area contributed by atoms with Gasteiger partial charge in [0.05, 0.1) is 0 Å². The van der Waals surface area contributed by atoms with Crippen LogP contribution in [0, 0.1) is 0 Å². The average Bonchev–Trinajstić information content (AvgIpc) is 2.07. The molecule has 0 aromatic heterocycles. The Kier molecular flexibility index (Phi) is 6.91. The highest BCUT2D eigenvalue weighted by molar-refractivity contribution is 6.28. The molecule has 0 atom stereocenters. The molecule has 0 saturated carbocycles. The summed E-state index contributed by atoms with van der Waals surface area (Å²) in [5, 5.41) is 0. The molecule has 0 aliphatic rings. The van der Waals surface area contributed by atoms with Crippen LogP contribution >= 0.6 is 0 Å². The molecule has 0 bridgehead atoms. The first kappa shape index (κ1) is 11.1. The van der Waals surface area contributed by atoms with E-state index in [1.54, 1.807) is 0 Å². The van der Waals surface area contributed by atoms with Crippen LogP contribution in [0.15, 0.2) is 0 Å². The van der Waals surface area contributed by atoms with E-state index in [4.69, 9.17) is 0 Å². The van der Waals surface area contributed by atoms with Crippen LogP contribution in [-0.2, 0) is 0 Å². The Balaban J connectivity index is 3.58. The Morgan fingerprint density at radius 3 is 1.18 bits per heavy atom. The molecular formula is C8H22N2Si. The minimum atomic E-state index is -0.0941. The van der Waals surface area contributed by atoms with Gasteiger partial charge in [0, 0.05) is 0 Å². The van der Waals surface area contributed by atoms with Crippen molar-refractivity contribution in [1.29, 1.82) is 0 Å². The lowest BCUT2D eigenvalue weighted by molar-refractivity contribution is 0.401. The van der Waals surface area contributed by atoms with Crippen LogP contribution in [0.3, 0.4) is 0 Å². The fourth-order valence-corrected chi connectivity index (χ4v) is 2.50. The van der Waals surface area contributed by atoms with Crippen molar-refractivity contribution < 1.29 is 0 Å². The quantitative estimate of drug-likeness (QED) is 0.546. The first-order chi connectivity index (χ1) is 5.28. The second-order valence-electron chi connectivity index (χ2n) is 2.75. The summed E-state index contributed by atoms with van der Waals surface area (Å²) in [7, 11) is -0.0941. The van der Waals surface area contributed by atoms with Gasteiger partial charge < -0.3 is 9.13 Å². The van der Waals surface area contributed by atoms with Gasteiger partial charge in [-0.2, -0.15) is 0 Å². The normalized spacial score (nSPS) is 11.5. The van der Waals surface area contributed by atoms with Gasteiger partial charge in [-0.1, -0.05) is 27.7 Å². The summed E-state index contributed by atoms with van der Waals surface area (Å²) in [5.74, 6) is 0. The second-order valence-corrected chi connectivity index (χ2v) is 4.82. The number of hydrogen-bond donors (Lipinski definition) is 0. The molecule has 0 heterocycles. The van der Waals surface area contributed by atoms with Crippen LogP contribution in [0.5, 0.6) is 0 Å². The third-order valence-electron chi connectivity index (χ3n) is 2.19. The van der Waals surface area contributed by atoms with Crippen LogP contribution < -0.4 is 0 Å². The third-order valence-corrected chi connectivity index (χ3v) is 4.78. The van der Waals surface area contributed by atoms with Gasteiger partial charge in [0.1, 0.15) is 0 Å². The fourth-order valence-electron chi connectivity index (χ4n) is 1.13. The Bertz CT molecular complexity index is 70.2. The monoisotopic (exact) mass is 174 g/mol. The van der Waals surface area contributed by atoms with E-state index in [0.29, 0.717) is 0 Å². The smallest absolute Gasteiger partial charge is 0.172 e. The summed E-state index contributed by atoms with van der Waals surface area (Å²) >= 11 is 0. The number of hydrogen-bond acceptors (Lipinski definition) is 2. The van der Waals surface area contributed by atoms with E-state index in [-0.39, 0.29) is 9.84 Å². The number of rotatable bonds is 6. The molecule has 0 radical (unpaired) electrons. The van der Waals surface area contributed by atoms with Crippen molar-refractivity contribution >= 4 is 9.84 Å². The maximum absolute atomic E-state index is 2.58. The van der Waals surface area contributed by atoms with Gasteiger partial charge in [-0.3, -0.25) is 0 Å². The van der Waals surface area contributed by atoms with Crippen LogP contribution in [0.25, 0.3) is 0 Å². The minimum absolute atomic E-state index is 0.0941. The van der Waals surface area contributed by atoms with E-state index in [1.165, 1.54) is 26.2 Å². The topological polar surface area (TPSA) is 6.48 Å². The van der Waals surface area contributed by atoms with Crippen LogP contribution in [-0.4, -0.2) is 45.2 Å². The van der Waals surface area contributed by atoms with Crippen molar-refractivity contribution in [2.75, 3.05) is 26.2 Å². The molecule has 0 amide bonds. The zero-order valence-corrected chi connectivity index (χ0v) is 9.84. The van der Waals surface area contributed by atoms with E-state index in [0.717, 1.165) is 0 Å². The van der Waals surface area contributed by atoms with Gasteiger partial charge in [0.25, 0.3) is 0 Å². The van der Waals surface area contributed by atoms with Crippen molar-refractivity contribution in [2.45, 2.75) is 27.7 Å². The molecule has 2 nitrogen and oxygen atoms in total. The zero-order chi connectivity index (χ0) is 8.69. The molecule has 0 aliphatic carbocycles. The Hall–Kier alpha value is 0.137. The van der Waals surface area contributed by atoms with Crippen molar-refractivity contribution in [1.82, 2.24) is 9.13 Å². The van der Waals surface area contributed by atoms with Gasteiger partial charge in [0.2, 0.25) is 0 Å². The van der Waals surface area contributed by atoms with Crippen molar-refractivity contribution in [2.24, 2.45) is 0 Å². The predicted octanol–water partition coefficient (Wildman–Crippen LogP) is 0.669. The summed E-state index contributed by atoms with van der Waals surface area (Å²) in [4.78, 5) is 0. The lowest BCUT2D eigenvalue weighted by Gasteiger charge is -2.26. The van der Waals surface area contributed by atoms with Crippen LogP contribution in [0.2, 0.25) is 0 Å². The third kappa shape index (κ3) is 4.56. The van der Waals surface area contributed by atoms with Gasteiger partial charge in [-0.15, -0.1) is 0 Å². The summed E-state index contributed by atoms with van der Waals surface area (Å²) in [6.45, 7) is 13.9. The maximum atomic E-state index is 2.58. The SMILES string of the molecule is CCN(CC)[SiH2]N(CC)CC. The van der Waals surface area contributed by atoms with Crippen LogP contribution in [0.4, 0.5) is 0 Å². The Morgan fingerprint density at radius 2 is 1.00 bits per heavy atom. The van der Waals surface area contributed by atoms with E-state index in [1.807, 2.05) is 0 Å². The van der Waals surface area contributed by atoms with E-state index >= 15 is 0 Å². The number of nitrogens with zero attached hydrogens (tertiary/aromatic N) is 2. The second kappa shape index (κ2) is 6.82. The minimum Gasteiger partial charge on any atom is -0.317 e. The summed E-state index contributed by atoms with van der Waals surface area (Å²) in [6.07, 6.45) is 0. The summed E-state index contributed by atoms with van der Waals surface area (Å²) < 4.78 is 5.15. The molecule has 0 spiro atoms. The Labute approximate surface area is 73.5 Å². The van der Waals surface area contributed by atoms with Crippen molar-refractivity contribution in [3.05, 3.63) is 0 Å². The lowest BCUT2D eigenvalue weighted by atomic mass is 10.7. The van der Waals surface area contributed by atoms with Crippen LogP contribution in [0.1, 0.15) is 27.7 Å². The first-order valence-electron chi connectivity index (χ1n) is 4.73. The molecule has 0 aromatic carbocycles. The fraction of sp³-hybridized carbons (Fsp3) is 1.00. The molecule has 68 valence electrons. The molecular weight excluding hydrogens is 152 g/mol. The van der Waals surface area contributed by atoms with E-state index in [2.05, 4.69) is 36.8 Å². The molecule has 0 rings (SSSR count). The largest absolute Gasteiger partial charge is 0.317 e. The summed E-state index contributed by atoms with van der Waals surface area (Å²) in [6, 6.07) is 0. The summed E-state index contributed by atoms with van der Waals surface area (Å²) in [5.41, 5.74) is 0. The highest BCUT2D eigenvalue weighted by atomic mass is 28.2. The molecule has 0 fully saturated rings. The molecule has 0 N–H and O–H groups in total. The maximum Gasteiger partial charge on any atom is 0.172 e. The Morgan fingerprint density at radius 1 is 0.727 bits per heavy atom. The van der Waals surface area contributed by atoms with Gasteiger partial charge in [0.15, 0.2) is 9.84 Å². The molecule has 11 heavy (non-hydrogen) atoms. The average molecular weight is 174 g/mol. The van der Waals surface area contributed by atoms with Gasteiger partial charge in [-0.25, -0.2) is 0 Å². The zero-order valence-electron chi connectivity index (χ0n) is 8.43. The molecule has 0 aliphatic heterocycles. The van der Waals surface area contributed by atoms with Crippen molar-refractivity contribution in [3.8, 4) is 0 Å². The molecule has 3 heteroatoms. The lowest BCUT2D eigenvalue weighted by Crippen LogP contribution is -2.41. The highest BCUT2D eigenvalue weighted by Gasteiger charge is 2.04. The van der Waals surface area contributed by atoms with E-state index < -0.39 is 0 Å². The highest BCUT2D eigenvalue weighted by Crippen LogP contribution is 1.89. The predicted molar refractivity (Wildman–Crippen MR) is 54.4 cm³/mol. The van der Waals surface area contributed by atoms with Crippen molar-refractivity contribution in [3.63, 3.8) is 0 Å².